The summed E-state index contributed by atoms with van der Waals surface area (Å²) in [5.41, 5.74) is -1.36. The first-order chi connectivity index (χ1) is 17.5. The maximum atomic E-state index is 13.6. The molecule has 7 heteroatoms. The number of aldehydes is 1. The molecule has 0 aromatic heterocycles. The Morgan fingerprint density at radius 2 is 2.03 bits per heavy atom. The van der Waals surface area contributed by atoms with E-state index >= 15 is 0 Å². The molecule has 1 saturated heterocycles. The van der Waals surface area contributed by atoms with E-state index in [1.165, 1.54) is 0 Å². The molecular weight excluding hydrogens is 470 g/mol. The summed E-state index contributed by atoms with van der Waals surface area (Å²) in [4.78, 5) is 28.9. The van der Waals surface area contributed by atoms with Gasteiger partial charge >= 0.3 is 5.97 Å². The van der Waals surface area contributed by atoms with Crippen molar-refractivity contribution in [3.05, 3.63) is 23.9 Å². The second kappa shape index (κ2) is 9.20. The van der Waals surface area contributed by atoms with Crippen molar-refractivity contribution < 1.29 is 28.9 Å². The zero-order chi connectivity index (χ0) is 26.9. The fourth-order valence-electron chi connectivity index (χ4n) is 9.40. The van der Waals surface area contributed by atoms with Gasteiger partial charge in [0.2, 0.25) is 0 Å². The third-order valence-corrected chi connectivity index (χ3v) is 11.0. The minimum absolute atomic E-state index is 0.0228. The first-order valence-electron chi connectivity index (χ1n) is 14.1. The van der Waals surface area contributed by atoms with E-state index in [-0.39, 0.29) is 42.7 Å². The predicted octanol–water partition coefficient (Wildman–Crippen LogP) is 4.32. The molecule has 0 amide bonds. The van der Waals surface area contributed by atoms with Crippen molar-refractivity contribution in [1.29, 1.82) is 0 Å². The Bertz CT molecular complexity index is 993. The van der Waals surface area contributed by atoms with Crippen molar-refractivity contribution in [2.75, 3.05) is 26.8 Å². The lowest BCUT2D eigenvalue weighted by Gasteiger charge is -2.58. The number of hydrogen-bond acceptors (Lipinski definition) is 6. The van der Waals surface area contributed by atoms with Crippen LogP contribution in [0, 0.1) is 40.4 Å². The van der Waals surface area contributed by atoms with Crippen molar-refractivity contribution in [3.63, 3.8) is 0 Å². The van der Waals surface area contributed by atoms with Crippen LogP contribution in [0.1, 0.15) is 60.3 Å². The second-order valence-corrected chi connectivity index (χ2v) is 12.9. The molecule has 37 heavy (non-hydrogen) atoms. The highest BCUT2D eigenvalue weighted by Gasteiger charge is 2.85. The second-order valence-electron chi connectivity index (χ2n) is 12.9. The average molecular weight is 516 g/mol. The summed E-state index contributed by atoms with van der Waals surface area (Å²) in [6.07, 6.45) is 5.92. The summed E-state index contributed by atoms with van der Waals surface area (Å²) in [7, 11) is 1.70. The van der Waals surface area contributed by atoms with Crippen LogP contribution >= 0.6 is 0 Å². The molecule has 0 unspecified atom stereocenters. The molecule has 0 aromatic carbocycles. The summed E-state index contributed by atoms with van der Waals surface area (Å²) in [5, 5.41) is 11.1. The minimum Gasteiger partial charge on any atom is -0.480 e. The van der Waals surface area contributed by atoms with Gasteiger partial charge in [0.1, 0.15) is 17.8 Å². The van der Waals surface area contributed by atoms with Gasteiger partial charge in [-0.1, -0.05) is 45.4 Å². The molecule has 1 aliphatic heterocycles. The first kappa shape index (κ1) is 26.9. The number of carbonyl (C=O) groups is 2. The molecule has 4 bridgehead atoms. The number of carbonyl (C=O) groups excluding carboxylic acids is 1. The van der Waals surface area contributed by atoms with Gasteiger partial charge in [-0.25, -0.2) is 0 Å². The maximum Gasteiger partial charge on any atom is 0.317 e. The Morgan fingerprint density at radius 1 is 1.30 bits per heavy atom. The van der Waals surface area contributed by atoms with E-state index in [0.29, 0.717) is 37.8 Å². The Hall–Kier alpha value is -1.70. The van der Waals surface area contributed by atoms with Gasteiger partial charge in [0.25, 0.3) is 0 Å². The highest BCUT2D eigenvalue weighted by molar-refractivity contribution is 5.91. The zero-order valence-electron chi connectivity index (χ0n) is 23.4. The van der Waals surface area contributed by atoms with Gasteiger partial charge in [-0.15, -0.1) is 0 Å². The molecule has 5 aliphatic rings. The van der Waals surface area contributed by atoms with E-state index in [1.54, 1.807) is 7.11 Å². The molecule has 5 rings (SSSR count). The van der Waals surface area contributed by atoms with Gasteiger partial charge in [-0.2, -0.15) is 0 Å². The number of aliphatic carboxylic acids is 1. The molecule has 3 saturated carbocycles. The molecule has 7 nitrogen and oxygen atoms in total. The average Bonchev–Trinajstić information content (AvgIpc) is 3.36. The van der Waals surface area contributed by atoms with Crippen LogP contribution in [0.2, 0.25) is 0 Å². The van der Waals surface area contributed by atoms with Gasteiger partial charge in [-0.3, -0.25) is 4.79 Å². The van der Waals surface area contributed by atoms with Gasteiger partial charge in [0.05, 0.1) is 29.8 Å². The van der Waals surface area contributed by atoms with E-state index < -0.39 is 22.4 Å². The molecule has 0 radical (unpaired) electrons. The number of carboxylic acid groups (broad SMARTS) is 1. The normalized spacial score (nSPS) is 46.5. The van der Waals surface area contributed by atoms with Gasteiger partial charge in [0, 0.05) is 31.8 Å². The molecule has 4 aliphatic carbocycles. The number of methoxy groups -OCH3 is 1. The fraction of sp³-hybridized carbons (Fsp3) is 0.800. The van der Waals surface area contributed by atoms with Crippen LogP contribution in [0.15, 0.2) is 23.9 Å². The first-order valence-corrected chi connectivity index (χ1v) is 14.1. The molecular formula is C30H45NO6. The van der Waals surface area contributed by atoms with Crippen molar-refractivity contribution in [2.45, 2.75) is 84.2 Å². The van der Waals surface area contributed by atoms with Crippen LogP contribution in [0.25, 0.3) is 0 Å². The van der Waals surface area contributed by atoms with Crippen molar-refractivity contribution in [3.8, 4) is 0 Å². The largest absolute Gasteiger partial charge is 0.480 e. The molecule has 10 atom stereocenters. The van der Waals surface area contributed by atoms with E-state index in [9.17, 15) is 14.7 Å². The smallest absolute Gasteiger partial charge is 0.317 e. The van der Waals surface area contributed by atoms with E-state index in [4.69, 9.17) is 14.2 Å². The highest BCUT2D eigenvalue weighted by atomic mass is 16.6. The summed E-state index contributed by atoms with van der Waals surface area (Å²) in [6.45, 7) is 16.1. The van der Waals surface area contributed by atoms with Crippen LogP contribution in [0.5, 0.6) is 0 Å². The van der Waals surface area contributed by atoms with Crippen LogP contribution in [-0.2, 0) is 23.8 Å². The predicted molar refractivity (Wildman–Crippen MR) is 140 cm³/mol. The molecule has 1 heterocycles. The fourth-order valence-corrected chi connectivity index (χ4v) is 9.40. The Labute approximate surface area is 221 Å². The summed E-state index contributed by atoms with van der Waals surface area (Å²) in [5.74, 6) is -0.118. The minimum atomic E-state index is -1.33. The van der Waals surface area contributed by atoms with Gasteiger partial charge < -0.3 is 29.0 Å². The summed E-state index contributed by atoms with van der Waals surface area (Å²) >= 11 is 0. The lowest BCUT2D eigenvalue weighted by Crippen LogP contribution is -2.66. The molecule has 0 spiro atoms. The van der Waals surface area contributed by atoms with Crippen molar-refractivity contribution in [2.24, 2.45) is 40.4 Å². The Balaban J connectivity index is 1.55. The number of nitrogens with zero attached hydrogens (tertiary/aromatic N) is 1. The van der Waals surface area contributed by atoms with Crippen LogP contribution in [-0.4, -0.2) is 73.0 Å². The zero-order valence-corrected chi connectivity index (χ0v) is 23.4. The molecule has 206 valence electrons. The van der Waals surface area contributed by atoms with Crippen molar-refractivity contribution in [1.82, 2.24) is 4.90 Å². The van der Waals surface area contributed by atoms with Crippen molar-refractivity contribution >= 4 is 12.3 Å². The number of carboxylic acids is 1. The lowest BCUT2D eigenvalue weighted by atomic mass is 9.45. The van der Waals surface area contributed by atoms with E-state index in [2.05, 4.69) is 38.3 Å². The van der Waals surface area contributed by atoms with Crippen LogP contribution in [0.3, 0.4) is 0 Å². The maximum absolute atomic E-state index is 13.6. The topological polar surface area (TPSA) is 85.3 Å². The molecule has 4 fully saturated rings. The third-order valence-electron chi connectivity index (χ3n) is 11.0. The quantitative estimate of drug-likeness (QED) is 0.381. The lowest BCUT2D eigenvalue weighted by molar-refractivity contribution is -0.218. The molecule has 0 aromatic rings. The standard InChI is InChI=1S/C30H45NO6/c1-17(2)25-10-21-11-28(16-32)24-9-8-19(5)23(24)12-29(21,30(25,28)27(33)34)36-15-22-13-31(18(3)4)14-26(35-7)20(6)37-22/h10,16-17,19-24,26H,3,8-9,11-15H2,1-2,4-7H3,(H,33,34)/t19-,20-,21+,22-,23-,24-,26+,28+,29+,30+/m1/s1. The number of ether oxygens (including phenoxy) is 3. The Morgan fingerprint density at radius 3 is 2.62 bits per heavy atom. The highest BCUT2D eigenvalue weighted by Crippen LogP contribution is 2.80. The molecule has 1 N–H and O–H groups in total. The summed E-state index contributed by atoms with van der Waals surface area (Å²) in [6, 6.07) is 0. The number of fused-ring (bicyclic) bond motifs is 2. The summed E-state index contributed by atoms with van der Waals surface area (Å²) < 4.78 is 19.1. The SMILES string of the molecule is C=C(C)N1C[C@H](CO[C@@]23C[C@@H]4[C@H](C)CC[C@H]4[C@@]4(C=O)C[C@@H]2C=C(C(C)C)[C@@]34C(=O)O)O[C@H](C)[C@@H](OC)C1. The third kappa shape index (κ3) is 3.42. The Kier molecular flexibility index (Phi) is 6.69. The van der Waals surface area contributed by atoms with Crippen LogP contribution < -0.4 is 0 Å². The monoisotopic (exact) mass is 515 g/mol. The van der Waals surface area contributed by atoms with E-state index in [0.717, 1.165) is 30.4 Å². The number of rotatable bonds is 8. The van der Waals surface area contributed by atoms with Gasteiger partial charge in [0.15, 0.2) is 0 Å². The van der Waals surface area contributed by atoms with Crippen LogP contribution in [0.4, 0.5) is 0 Å². The van der Waals surface area contributed by atoms with Gasteiger partial charge in [-0.05, 0) is 56.8 Å². The van der Waals surface area contributed by atoms with E-state index in [1.807, 2.05) is 13.8 Å². The number of allylic oxidation sites excluding steroid dienone is 1. The number of hydrogen-bond donors (Lipinski definition) is 1.